The molecule has 0 saturated carbocycles. The van der Waals surface area contributed by atoms with E-state index in [0.29, 0.717) is 19.3 Å². The molecule has 0 heterocycles. The van der Waals surface area contributed by atoms with Crippen LogP contribution in [0.1, 0.15) is 201 Å². The van der Waals surface area contributed by atoms with Crippen molar-refractivity contribution >= 4 is 17.9 Å². The van der Waals surface area contributed by atoms with Crippen molar-refractivity contribution in [2.75, 3.05) is 13.2 Å². The van der Waals surface area contributed by atoms with Crippen molar-refractivity contribution in [3.05, 3.63) is 72.9 Å². The van der Waals surface area contributed by atoms with Gasteiger partial charge in [-0.2, -0.15) is 0 Å². The van der Waals surface area contributed by atoms with Crippen LogP contribution in [0.4, 0.5) is 0 Å². The molecule has 0 saturated heterocycles. The second kappa shape index (κ2) is 43.6. The monoisotopic (exact) mass is 767 g/mol. The Hall–Kier alpha value is -3.15. The van der Waals surface area contributed by atoms with Gasteiger partial charge < -0.3 is 14.2 Å². The highest BCUT2D eigenvalue weighted by Crippen LogP contribution is 2.14. The van der Waals surface area contributed by atoms with Gasteiger partial charge >= 0.3 is 17.9 Å². The maximum atomic E-state index is 12.6. The van der Waals surface area contributed by atoms with Gasteiger partial charge in [0.05, 0.1) is 0 Å². The molecule has 6 nitrogen and oxygen atoms in total. The normalized spacial score (nSPS) is 12.7. The number of hydrogen-bond donors (Lipinski definition) is 0. The van der Waals surface area contributed by atoms with Crippen molar-refractivity contribution in [2.45, 2.75) is 207 Å². The molecule has 1 unspecified atom stereocenters. The number of carbonyl (C=O) groups excluding carboxylic acids is 3. The molecule has 1 atom stereocenters. The molecule has 0 aliphatic heterocycles. The summed E-state index contributed by atoms with van der Waals surface area (Å²) in [5.41, 5.74) is 0. The second-order valence-electron chi connectivity index (χ2n) is 14.6. The van der Waals surface area contributed by atoms with E-state index in [1.807, 2.05) is 12.2 Å². The van der Waals surface area contributed by atoms with Crippen LogP contribution in [0, 0.1) is 0 Å². The predicted octanol–water partition coefficient (Wildman–Crippen LogP) is 14.3. The van der Waals surface area contributed by atoms with E-state index in [9.17, 15) is 14.4 Å². The SMILES string of the molecule is CC/C=C\C/C=C\C/C=C\C/C=C\C/C=C\C/C=C\CCC(=O)OCC(COC(=O)CCCCCCC)OC(=O)CCCCCCCCCCCCCCC. The van der Waals surface area contributed by atoms with Gasteiger partial charge in [0.15, 0.2) is 6.10 Å². The fourth-order valence-electron chi connectivity index (χ4n) is 5.88. The number of hydrogen-bond acceptors (Lipinski definition) is 6. The van der Waals surface area contributed by atoms with Gasteiger partial charge in [0.1, 0.15) is 13.2 Å². The Kier molecular flexibility index (Phi) is 41.1. The molecule has 0 aliphatic rings. The number of esters is 3. The molecule has 0 bridgehead atoms. The lowest BCUT2D eigenvalue weighted by Gasteiger charge is -2.18. The molecule has 6 heteroatoms. The summed E-state index contributed by atoms with van der Waals surface area (Å²) in [6.45, 7) is 6.35. The maximum Gasteiger partial charge on any atom is 0.306 e. The maximum absolute atomic E-state index is 12.6. The van der Waals surface area contributed by atoms with Crippen molar-refractivity contribution in [2.24, 2.45) is 0 Å². The van der Waals surface area contributed by atoms with E-state index < -0.39 is 6.10 Å². The van der Waals surface area contributed by atoms with Crippen molar-refractivity contribution in [3.8, 4) is 0 Å². The van der Waals surface area contributed by atoms with Crippen molar-refractivity contribution < 1.29 is 28.6 Å². The minimum atomic E-state index is -0.798. The van der Waals surface area contributed by atoms with E-state index >= 15 is 0 Å². The zero-order valence-corrected chi connectivity index (χ0v) is 35.7. The summed E-state index contributed by atoms with van der Waals surface area (Å²) in [6, 6.07) is 0. The van der Waals surface area contributed by atoms with Crippen LogP contribution in [-0.2, 0) is 28.6 Å². The van der Waals surface area contributed by atoms with Crippen LogP contribution >= 0.6 is 0 Å². The first-order valence-corrected chi connectivity index (χ1v) is 22.4. The van der Waals surface area contributed by atoms with Crippen LogP contribution in [0.5, 0.6) is 0 Å². The highest BCUT2D eigenvalue weighted by atomic mass is 16.6. The largest absolute Gasteiger partial charge is 0.462 e. The summed E-state index contributed by atoms with van der Waals surface area (Å²) in [6.07, 6.45) is 53.5. The van der Waals surface area contributed by atoms with Crippen LogP contribution in [0.3, 0.4) is 0 Å². The molecule has 314 valence electrons. The molecule has 0 aromatic heterocycles. The summed E-state index contributed by atoms with van der Waals surface area (Å²) in [5, 5.41) is 0. The fourth-order valence-corrected chi connectivity index (χ4v) is 5.88. The van der Waals surface area contributed by atoms with Gasteiger partial charge in [0.2, 0.25) is 0 Å². The number of rotatable bonds is 39. The zero-order chi connectivity index (χ0) is 40.1. The topological polar surface area (TPSA) is 78.9 Å². The van der Waals surface area contributed by atoms with Crippen LogP contribution in [0.15, 0.2) is 72.9 Å². The molecule has 0 aromatic rings. The highest BCUT2D eigenvalue weighted by Gasteiger charge is 2.19. The standard InChI is InChI=1S/C49H82O6/c1-4-7-10-13-15-17-19-21-22-23-24-25-26-28-29-31-33-36-39-42-48(51)54-45-46(44-53-47(50)41-38-35-12-9-6-3)55-49(52)43-40-37-34-32-30-27-20-18-16-14-11-8-5-2/h7,10,15,17,21-22,24-25,28-29,33,36,46H,4-6,8-9,11-14,16,18-20,23,26-27,30-32,34-35,37-45H2,1-3H3/b10-7-,17-15-,22-21-,25-24-,29-28-,36-33-. The van der Waals surface area contributed by atoms with Crippen LogP contribution in [-0.4, -0.2) is 37.2 Å². The van der Waals surface area contributed by atoms with Gasteiger partial charge in [-0.15, -0.1) is 0 Å². The van der Waals surface area contributed by atoms with E-state index in [1.54, 1.807) is 0 Å². The first-order valence-electron chi connectivity index (χ1n) is 22.4. The molecule has 0 fully saturated rings. The second-order valence-corrected chi connectivity index (χ2v) is 14.6. The van der Waals surface area contributed by atoms with Gasteiger partial charge in [-0.3, -0.25) is 14.4 Å². The molecular weight excluding hydrogens is 685 g/mol. The highest BCUT2D eigenvalue weighted by molar-refractivity contribution is 5.71. The molecule has 0 spiro atoms. The summed E-state index contributed by atoms with van der Waals surface area (Å²) >= 11 is 0. The van der Waals surface area contributed by atoms with Gasteiger partial charge in [0, 0.05) is 19.3 Å². The van der Waals surface area contributed by atoms with E-state index in [-0.39, 0.29) is 37.5 Å². The van der Waals surface area contributed by atoms with Gasteiger partial charge in [-0.1, -0.05) is 196 Å². The lowest BCUT2D eigenvalue weighted by Crippen LogP contribution is -2.30. The summed E-state index contributed by atoms with van der Waals surface area (Å²) < 4.78 is 16.5. The minimum absolute atomic E-state index is 0.0986. The smallest absolute Gasteiger partial charge is 0.306 e. The molecule has 0 aromatic carbocycles. The number of carbonyl (C=O) groups is 3. The third-order valence-electron chi connectivity index (χ3n) is 9.24. The Bertz CT molecular complexity index is 1070. The minimum Gasteiger partial charge on any atom is -0.462 e. The van der Waals surface area contributed by atoms with Gasteiger partial charge in [-0.25, -0.2) is 0 Å². The lowest BCUT2D eigenvalue weighted by atomic mass is 10.0. The lowest BCUT2D eigenvalue weighted by molar-refractivity contribution is -0.166. The Labute approximate surface area is 338 Å². The Morgan fingerprint density at radius 3 is 1.11 bits per heavy atom. The number of allylic oxidation sites excluding steroid dienone is 12. The fraction of sp³-hybridized carbons (Fsp3) is 0.694. The quantitative estimate of drug-likeness (QED) is 0.0268. The Morgan fingerprint density at radius 1 is 0.382 bits per heavy atom. The van der Waals surface area contributed by atoms with E-state index in [1.165, 1.54) is 64.2 Å². The van der Waals surface area contributed by atoms with Crippen molar-refractivity contribution in [1.29, 1.82) is 0 Å². The molecule has 0 amide bonds. The third-order valence-corrected chi connectivity index (χ3v) is 9.24. The third kappa shape index (κ3) is 41.8. The molecule has 0 rings (SSSR count). The van der Waals surface area contributed by atoms with Crippen LogP contribution < -0.4 is 0 Å². The van der Waals surface area contributed by atoms with E-state index in [2.05, 4.69) is 81.5 Å². The summed E-state index contributed by atoms with van der Waals surface area (Å²) in [7, 11) is 0. The van der Waals surface area contributed by atoms with Crippen molar-refractivity contribution in [1.82, 2.24) is 0 Å². The predicted molar refractivity (Wildman–Crippen MR) is 233 cm³/mol. The summed E-state index contributed by atoms with van der Waals surface area (Å²) in [5.74, 6) is -1.00. The molecular formula is C49H82O6. The molecule has 0 aliphatic carbocycles. The van der Waals surface area contributed by atoms with Gasteiger partial charge in [0.25, 0.3) is 0 Å². The van der Waals surface area contributed by atoms with Crippen LogP contribution in [0.2, 0.25) is 0 Å². The first kappa shape index (κ1) is 51.9. The van der Waals surface area contributed by atoms with E-state index in [0.717, 1.165) is 89.9 Å². The average molecular weight is 767 g/mol. The average Bonchev–Trinajstić information content (AvgIpc) is 3.18. The Morgan fingerprint density at radius 2 is 0.709 bits per heavy atom. The summed E-state index contributed by atoms with van der Waals surface area (Å²) in [4.78, 5) is 37.4. The Balaban J connectivity index is 4.35. The van der Waals surface area contributed by atoms with Crippen LogP contribution in [0.25, 0.3) is 0 Å². The zero-order valence-electron chi connectivity index (χ0n) is 35.7. The molecule has 0 radical (unpaired) electrons. The molecule has 0 N–H and O–H groups in total. The first-order chi connectivity index (χ1) is 27.0. The number of unbranched alkanes of at least 4 members (excludes halogenated alkanes) is 16. The van der Waals surface area contributed by atoms with Gasteiger partial charge in [-0.05, 0) is 57.8 Å². The molecule has 55 heavy (non-hydrogen) atoms. The van der Waals surface area contributed by atoms with E-state index in [4.69, 9.17) is 14.2 Å². The number of ether oxygens (including phenoxy) is 3. The van der Waals surface area contributed by atoms with Crippen molar-refractivity contribution in [3.63, 3.8) is 0 Å².